The van der Waals surface area contributed by atoms with Crippen molar-refractivity contribution in [1.29, 1.82) is 0 Å². The Morgan fingerprint density at radius 3 is 2.29 bits per heavy atom. The van der Waals surface area contributed by atoms with Crippen molar-refractivity contribution in [2.45, 2.75) is 6.10 Å². The molecule has 0 amide bonds. The molecule has 0 aliphatic rings. The van der Waals surface area contributed by atoms with Crippen LogP contribution in [0, 0.1) is 0 Å². The summed E-state index contributed by atoms with van der Waals surface area (Å²) in [6, 6.07) is 6.93. The summed E-state index contributed by atoms with van der Waals surface area (Å²) in [4.78, 5) is 32.7. The minimum Gasteiger partial charge on any atom is -0.490 e. The van der Waals surface area contributed by atoms with Crippen molar-refractivity contribution >= 4 is 24.3 Å². The molecule has 24 heavy (non-hydrogen) atoms. The largest absolute Gasteiger partial charge is 0.490 e. The second kappa shape index (κ2) is 10.6. The number of rotatable bonds is 10. The molecule has 0 radical (unpaired) electrons. The maximum Gasteiger partial charge on any atom is 0.330 e. The maximum atomic E-state index is 11.3. The highest BCUT2D eigenvalue weighted by molar-refractivity contribution is 5.82. The fraction of sp³-hybridized carbons (Fsp3) is 0.167. The van der Waals surface area contributed by atoms with Crippen molar-refractivity contribution in [2.75, 3.05) is 13.2 Å². The molecule has 0 heterocycles. The normalized spacial score (nSPS) is 11.3. The molecule has 1 rings (SSSR count). The number of carbonyl (C=O) groups is 3. The van der Waals surface area contributed by atoms with Crippen LogP contribution < -0.4 is 4.74 Å². The van der Waals surface area contributed by atoms with E-state index in [0.717, 1.165) is 17.7 Å². The SMILES string of the molecule is C=CC(=O)OCC(COc1ccc(/C=C/C=O)cc1)OC(=O)C=C. The fourth-order valence-electron chi connectivity index (χ4n) is 1.58. The first kappa shape index (κ1) is 18.9. The first-order chi connectivity index (χ1) is 11.6. The van der Waals surface area contributed by atoms with Crippen LogP contribution in [0.15, 0.2) is 55.7 Å². The summed E-state index contributed by atoms with van der Waals surface area (Å²) in [6.07, 6.45) is 4.96. The van der Waals surface area contributed by atoms with Crippen LogP contribution in [0.3, 0.4) is 0 Å². The van der Waals surface area contributed by atoms with Gasteiger partial charge in [-0.1, -0.05) is 31.4 Å². The van der Waals surface area contributed by atoms with Crippen molar-refractivity contribution in [3.8, 4) is 5.75 Å². The minimum atomic E-state index is -0.783. The fourth-order valence-corrected chi connectivity index (χ4v) is 1.58. The van der Waals surface area contributed by atoms with Gasteiger partial charge in [0.25, 0.3) is 0 Å². The molecule has 0 aliphatic heterocycles. The van der Waals surface area contributed by atoms with Crippen LogP contribution in [0.4, 0.5) is 0 Å². The number of carbonyl (C=O) groups excluding carboxylic acids is 3. The highest BCUT2D eigenvalue weighted by atomic mass is 16.6. The van der Waals surface area contributed by atoms with E-state index in [2.05, 4.69) is 13.2 Å². The molecule has 1 aromatic carbocycles. The summed E-state index contributed by atoms with van der Waals surface area (Å²) >= 11 is 0. The standard InChI is InChI=1S/C18H18O6/c1-3-17(20)23-13-16(24-18(21)4-2)12-22-15-9-7-14(8-10-15)6-5-11-19/h3-11,16H,1-2,12-13H2/b6-5+. The van der Waals surface area contributed by atoms with Crippen molar-refractivity contribution in [1.82, 2.24) is 0 Å². The van der Waals surface area contributed by atoms with Gasteiger partial charge in [-0.05, 0) is 23.8 Å². The molecular formula is C18H18O6. The smallest absolute Gasteiger partial charge is 0.330 e. The molecule has 0 fully saturated rings. The number of ether oxygens (including phenoxy) is 3. The molecule has 0 saturated heterocycles. The number of hydrogen-bond donors (Lipinski definition) is 0. The van der Waals surface area contributed by atoms with E-state index in [1.807, 2.05) is 0 Å². The number of allylic oxidation sites excluding steroid dienone is 1. The van der Waals surface area contributed by atoms with Gasteiger partial charge < -0.3 is 14.2 Å². The lowest BCUT2D eigenvalue weighted by Crippen LogP contribution is -2.30. The zero-order chi connectivity index (χ0) is 17.8. The van der Waals surface area contributed by atoms with Gasteiger partial charge in [0.05, 0.1) is 0 Å². The summed E-state index contributed by atoms with van der Waals surface area (Å²) in [7, 11) is 0. The Balaban J connectivity index is 2.61. The third-order valence-corrected chi connectivity index (χ3v) is 2.71. The Labute approximate surface area is 140 Å². The Bertz CT molecular complexity index is 615. The first-order valence-electron chi connectivity index (χ1n) is 7.06. The molecule has 1 aromatic rings. The highest BCUT2D eigenvalue weighted by Gasteiger charge is 2.16. The Hall–Kier alpha value is -3.15. The van der Waals surface area contributed by atoms with Crippen LogP contribution in [0.2, 0.25) is 0 Å². The molecular weight excluding hydrogens is 312 g/mol. The monoisotopic (exact) mass is 330 g/mol. The first-order valence-corrected chi connectivity index (χ1v) is 7.06. The quantitative estimate of drug-likeness (QED) is 0.371. The van der Waals surface area contributed by atoms with Crippen molar-refractivity contribution in [3.05, 3.63) is 61.2 Å². The van der Waals surface area contributed by atoms with Crippen LogP contribution in [0.1, 0.15) is 5.56 Å². The predicted molar refractivity (Wildman–Crippen MR) is 88.3 cm³/mol. The summed E-state index contributed by atoms with van der Waals surface area (Å²) in [5, 5.41) is 0. The lowest BCUT2D eigenvalue weighted by molar-refractivity contribution is -0.154. The van der Waals surface area contributed by atoms with E-state index in [9.17, 15) is 14.4 Å². The van der Waals surface area contributed by atoms with E-state index in [0.29, 0.717) is 12.0 Å². The van der Waals surface area contributed by atoms with E-state index in [1.165, 1.54) is 6.08 Å². The van der Waals surface area contributed by atoms with Gasteiger partial charge in [0.15, 0.2) is 6.10 Å². The van der Waals surface area contributed by atoms with Crippen LogP contribution in [0.5, 0.6) is 5.75 Å². The number of hydrogen-bond acceptors (Lipinski definition) is 6. The molecule has 126 valence electrons. The van der Waals surface area contributed by atoms with E-state index in [4.69, 9.17) is 14.2 Å². The average Bonchev–Trinajstić information content (AvgIpc) is 2.62. The lowest BCUT2D eigenvalue weighted by Gasteiger charge is -2.17. The zero-order valence-electron chi connectivity index (χ0n) is 13.1. The van der Waals surface area contributed by atoms with Gasteiger partial charge in [0.1, 0.15) is 25.2 Å². The van der Waals surface area contributed by atoms with Gasteiger partial charge >= 0.3 is 11.9 Å². The van der Waals surface area contributed by atoms with E-state index < -0.39 is 18.0 Å². The molecule has 0 spiro atoms. The highest BCUT2D eigenvalue weighted by Crippen LogP contribution is 2.14. The third kappa shape index (κ3) is 7.22. The van der Waals surface area contributed by atoms with Gasteiger partial charge in [-0.25, -0.2) is 9.59 Å². The van der Waals surface area contributed by atoms with Gasteiger partial charge in [-0.2, -0.15) is 0 Å². The van der Waals surface area contributed by atoms with Gasteiger partial charge in [-0.15, -0.1) is 0 Å². The molecule has 1 atom stereocenters. The molecule has 0 aliphatic carbocycles. The van der Waals surface area contributed by atoms with E-state index >= 15 is 0 Å². The number of esters is 2. The maximum absolute atomic E-state index is 11.3. The Kier molecular flexibility index (Phi) is 8.31. The zero-order valence-corrected chi connectivity index (χ0v) is 13.1. The summed E-state index contributed by atoms with van der Waals surface area (Å²) in [5.74, 6) is -0.735. The average molecular weight is 330 g/mol. The molecule has 6 nitrogen and oxygen atoms in total. The number of benzene rings is 1. The topological polar surface area (TPSA) is 78.9 Å². The minimum absolute atomic E-state index is 0.00642. The van der Waals surface area contributed by atoms with Crippen molar-refractivity contribution in [2.24, 2.45) is 0 Å². The molecule has 0 N–H and O–H groups in total. The molecule has 1 unspecified atom stereocenters. The second-order valence-electron chi connectivity index (χ2n) is 4.47. The molecule has 0 bridgehead atoms. The third-order valence-electron chi connectivity index (χ3n) is 2.71. The predicted octanol–water partition coefficient (Wildman–Crippen LogP) is 2.10. The molecule has 6 heteroatoms. The van der Waals surface area contributed by atoms with Crippen molar-refractivity contribution in [3.63, 3.8) is 0 Å². The van der Waals surface area contributed by atoms with Gasteiger partial charge in [0, 0.05) is 12.2 Å². The molecule has 0 aromatic heterocycles. The van der Waals surface area contributed by atoms with Crippen LogP contribution in [-0.2, 0) is 23.9 Å². The summed E-state index contributed by atoms with van der Waals surface area (Å²) in [6.45, 7) is 6.42. The van der Waals surface area contributed by atoms with Gasteiger partial charge in [-0.3, -0.25) is 4.79 Å². The van der Waals surface area contributed by atoms with Crippen LogP contribution in [0.25, 0.3) is 6.08 Å². The second-order valence-corrected chi connectivity index (χ2v) is 4.47. The van der Waals surface area contributed by atoms with Crippen molar-refractivity contribution < 1.29 is 28.6 Å². The Morgan fingerprint density at radius 2 is 1.71 bits per heavy atom. The molecule has 0 saturated carbocycles. The summed E-state index contributed by atoms with van der Waals surface area (Å²) < 4.78 is 15.4. The lowest BCUT2D eigenvalue weighted by atomic mass is 10.2. The van der Waals surface area contributed by atoms with E-state index in [1.54, 1.807) is 30.3 Å². The number of aldehydes is 1. The van der Waals surface area contributed by atoms with Crippen LogP contribution >= 0.6 is 0 Å². The van der Waals surface area contributed by atoms with Crippen LogP contribution in [-0.4, -0.2) is 37.5 Å². The van der Waals surface area contributed by atoms with Gasteiger partial charge in [0.2, 0.25) is 0 Å². The van der Waals surface area contributed by atoms with E-state index in [-0.39, 0.29) is 13.2 Å². The summed E-state index contributed by atoms with van der Waals surface area (Å²) in [5.41, 5.74) is 0.837. The Morgan fingerprint density at radius 1 is 1.04 bits per heavy atom.